The first-order valence-corrected chi connectivity index (χ1v) is 18.9. The number of allylic oxidation sites excluding steroid dienone is 3. The second-order valence-electron chi connectivity index (χ2n) is 14.6. The van der Waals surface area contributed by atoms with Crippen molar-refractivity contribution in [2.24, 2.45) is 0 Å². The standard InChI is InChI=1S/C41H42N7O7.Co/c1-23-8-9-26(38(51)45-29-13-12-24-10-11-25(19-28(24)29)31-22-47-17-3-7-34(47)44-31)20-33(23)55-18-4-16-42-36(50)21-43-30-6-2-5-27-37(30)41(54)48(40(27)53)32-14-15-35(49)46-39(32)52;/h2,5-6,9-11,20,22,25,29,32,43H,3-4,7,12-19,21H2,1H3,(H,42,50)(H,45,51)(H,46,49,52);/q-1;. The van der Waals surface area contributed by atoms with Crippen LogP contribution in [0, 0.1) is 13.0 Å². The summed E-state index contributed by atoms with van der Waals surface area (Å²) in [5.74, 6) is -0.996. The van der Waals surface area contributed by atoms with Gasteiger partial charge in [-0.15, -0.1) is 11.6 Å². The molecule has 3 unspecified atom stereocenters. The molecule has 4 N–H and O–H groups in total. The van der Waals surface area contributed by atoms with Crippen molar-refractivity contribution in [3.8, 4) is 5.75 Å². The molecule has 293 valence electrons. The van der Waals surface area contributed by atoms with Crippen molar-refractivity contribution in [2.45, 2.75) is 82.8 Å². The van der Waals surface area contributed by atoms with Gasteiger partial charge in [-0.05, 0) is 61.8 Å². The molecule has 0 saturated carbocycles. The third-order valence-electron chi connectivity index (χ3n) is 11.0. The van der Waals surface area contributed by atoms with Gasteiger partial charge in [-0.2, -0.15) is 12.1 Å². The molecule has 0 spiro atoms. The number of carbonyl (C=O) groups is 6. The third-order valence-corrected chi connectivity index (χ3v) is 11.0. The first-order chi connectivity index (χ1) is 26.6. The van der Waals surface area contributed by atoms with Crippen LogP contribution < -0.4 is 26.0 Å². The van der Waals surface area contributed by atoms with E-state index in [0.29, 0.717) is 30.0 Å². The molecule has 1 saturated heterocycles. The molecule has 3 aromatic rings. The van der Waals surface area contributed by atoms with E-state index in [2.05, 4.69) is 50.2 Å². The number of imide groups is 2. The summed E-state index contributed by atoms with van der Waals surface area (Å²) in [6.07, 6.45) is 12.1. The topological polar surface area (TPSA) is 181 Å². The van der Waals surface area contributed by atoms with Gasteiger partial charge in [-0.1, -0.05) is 30.7 Å². The predicted molar refractivity (Wildman–Crippen MR) is 199 cm³/mol. The molecule has 1 aromatic heterocycles. The number of amides is 6. The van der Waals surface area contributed by atoms with Crippen LogP contribution in [-0.4, -0.2) is 81.7 Å². The number of anilines is 1. The van der Waals surface area contributed by atoms with E-state index in [9.17, 15) is 28.8 Å². The molecule has 5 aliphatic rings. The molecule has 4 heterocycles. The van der Waals surface area contributed by atoms with Crippen LogP contribution >= 0.6 is 0 Å². The number of fused-ring (bicyclic) bond motifs is 2. The largest absolute Gasteiger partial charge is 0.551 e. The summed E-state index contributed by atoms with van der Waals surface area (Å²) in [4.78, 5) is 82.3. The number of hydrogen-bond acceptors (Lipinski definition) is 9. The number of nitrogens with zero attached hydrogens (tertiary/aromatic N) is 3. The number of benzene rings is 2. The SMILES string of the molecule is Cc1[c-]cc(C(=O)NC2CCC3=C2CC(c2cn4c(n2)CCC4)C=C3)cc1OCCCNC(=O)CNc1cccc2c1C(=O)N(C1CCC(=O)NC1=O)C2=O.[Co]. The number of rotatable bonds is 12. The molecule has 8 rings (SSSR count). The Morgan fingerprint density at radius 1 is 1.09 bits per heavy atom. The summed E-state index contributed by atoms with van der Waals surface area (Å²) in [7, 11) is 0. The number of imidazole rings is 1. The van der Waals surface area contributed by atoms with Gasteiger partial charge >= 0.3 is 0 Å². The van der Waals surface area contributed by atoms with E-state index in [1.807, 2.05) is 6.92 Å². The van der Waals surface area contributed by atoms with Gasteiger partial charge in [0.1, 0.15) is 11.9 Å². The molecular formula is C41H42CoN7O7-. The van der Waals surface area contributed by atoms with E-state index < -0.39 is 29.7 Å². The Labute approximate surface area is 334 Å². The maximum atomic E-state index is 13.4. The molecule has 56 heavy (non-hydrogen) atoms. The second-order valence-corrected chi connectivity index (χ2v) is 14.6. The molecule has 6 amide bonds. The fraction of sp³-hybridized carbons (Fsp3) is 0.390. The average Bonchev–Trinajstić information content (AvgIpc) is 3.95. The van der Waals surface area contributed by atoms with Crippen LogP contribution in [0.4, 0.5) is 5.69 Å². The van der Waals surface area contributed by atoms with Crippen LogP contribution in [0.5, 0.6) is 5.75 Å². The van der Waals surface area contributed by atoms with Crippen LogP contribution in [0.15, 0.2) is 59.8 Å². The van der Waals surface area contributed by atoms with Crippen LogP contribution in [0.1, 0.15) is 99.0 Å². The predicted octanol–water partition coefficient (Wildman–Crippen LogP) is 3.27. The Bertz CT molecular complexity index is 2170. The van der Waals surface area contributed by atoms with Gasteiger partial charge in [-0.25, -0.2) is 4.98 Å². The van der Waals surface area contributed by atoms with Crippen LogP contribution in [-0.2, 0) is 44.1 Å². The van der Waals surface area contributed by atoms with Crippen molar-refractivity contribution >= 4 is 41.1 Å². The Hall–Kier alpha value is -5.54. The molecule has 2 aliphatic carbocycles. The Balaban J connectivity index is 0.00000480. The van der Waals surface area contributed by atoms with Crippen LogP contribution in [0.3, 0.4) is 0 Å². The fourth-order valence-corrected chi connectivity index (χ4v) is 8.13. The van der Waals surface area contributed by atoms with Crippen LogP contribution in [0.2, 0.25) is 0 Å². The first-order valence-electron chi connectivity index (χ1n) is 18.9. The van der Waals surface area contributed by atoms with Crippen molar-refractivity contribution in [1.82, 2.24) is 30.4 Å². The summed E-state index contributed by atoms with van der Waals surface area (Å²) in [5, 5.41) is 11.2. The summed E-state index contributed by atoms with van der Waals surface area (Å²) in [5.41, 5.74) is 5.43. The summed E-state index contributed by atoms with van der Waals surface area (Å²) in [6, 6.07) is 10.1. The van der Waals surface area contributed by atoms with Gasteiger partial charge in [0.25, 0.3) is 11.8 Å². The third kappa shape index (κ3) is 7.65. The van der Waals surface area contributed by atoms with E-state index in [1.165, 1.54) is 23.0 Å². The van der Waals surface area contributed by atoms with Crippen LogP contribution in [0.25, 0.3) is 0 Å². The first kappa shape index (κ1) is 38.7. The van der Waals surface area contributed by atoms with Crippen molar-refractivity contribution in [1.29, 1.82) is 0 Å². The average molecular weight is 804 g/mol. The van der Waals surface area contributed by atoms with Gasteiger partial charge in [-0.3, -0.25) is 39.0 Å². The number of carbonyl (C=O) groups excluding carboxylic acids is 6. The normalized spacial score (nSPS) is 20.9. The molecule has 2 aromatic carbocycles. The molecular weight excluding hydrogens is 761 g/mol. The summed E-state index contributed by atoms with van der Waals surface area (Å²) in [6.45, 7) is 3.33. The monoisotopic (exact) mass is 803 g/mol. The zero-order valence-corrected chi connectivity index (χ0v) is 31.9. The number of aryl methyl sites for hydroxylation is 3. The maximum absolute atomic E-state index is 13.4. The molecule has 1 fully saturated rings. The zero-order chi connectivity index (χ0) is 38.2. The van der Waals surface area contributed by atoms with Gasteiger partial charge in [0.2, 0.25) is 17.7 Å². The van der Waals surface area contributed by atoms with E-state index in [0.717, 1.165) is 54.8 Å². The van der Waals surface area contributed by atoms with Gasteiger partial charge in [0.05, 0.1) is 36.0 Å². The quantitative estimate of drug-likeness (QED) is 0.122. The van der Waals surface area contributed by atoms with E-state index in [1.54, 1.807) is 24.3 Å². The molecule has 14 nitrogen and oxygen atoms in total. The number of hydrogen-bond donors (Lipinski definition) is 4. The van der Waals surface area contributed by atoms with Crippen molar-refractivity contribution in [3.63, 3.8) is 0 Å². The Kier molecular flexibility index (Phi) is 11.3. The second kappa shape index (κ2) is 16.3. The van der Waals surface area contributed by atoms with Crippen molar-refractivity contribution in [3.05, 3.63) is 99.7 Å². The van der Waals surface area contributed by atoms with Gasteiger partial charge < -0.3 is 25.3 Å². The minimum absolute atomic E-state index is 0. The minimum atomic E-state index is -1.08. The molecule has 0 bridgehead atoms. The number of ether oxygens (including phenoxy) is 1. The Morgan fingerprint density at radius 3 is 2.77 bits per heavy atom. The van der Waals surface area contributed by atoms with E-state index in [4.69, 9.17) is 9.72 Å². The molecule has 3 aliphatic heterocycles. The zero-order valence-electron chi connectivity index (χ0n) is 30.9. The summed E-state index contributed by atoms with van der Waals surface area (Å²) < 4.78 is 8.27. The number of nitrogens with one attached hydrogen (secondary N) is 4. The van der Waals surface area contributed by atoms with Gasteiger partial charge in [0.15, 0.2) is 5.91 Å². The number of aromatic nitrogens is 2. The van der Waals surface area contributed by atoms with Gasteiger partial charge in [0, 0.05) is 66.3 Å². The smallest absolute Gasteiger partial charge is 0.264 e. The Morgan fingerprint density at radius 2 is 1.95 bits per heavy atom. The molecule has 3 atom stereocenters. The maximum Gasteiger partial charge on any atom is 0.264 e. The molecule has 15 heteroatoms. The summed E-state index contributed by atoms with van der Waals surface area (Å²) >= 11 is 0. The van der Waals surface area contributed by atoms with Crippen molar-refractivity contribution < 1.29 is 50.3 Å². The van der Waals surface area contributed by atoms with Crippen molar-refractivity contribution in [2.75, 3.05) is 25.0 Å². The fourth-order valence-electron chi connectivity index (χ4n) is 8.13. The minimum Gasteiger partial charge on any atom is -0.551 e. The molecule has 1 radical (unpaired) electrons. The van der Waals surface area contributed by atoms with E-state index >= 15 is 0 Å². The van der Waals surface area contributed by atoms with E-state index in [-0.39, 0.29) is 77.7 Å². The number of piperidine rings is 1.